The Labute approximate surface area is 148 Å². The highest BCUT2D eigenvalue weighted by Crippen LogP contribution is 2.25. The molecule has 0 fully saturated rings. The van der Waals surface area contributed by atoms with Gasteiger partial charge in [0.25, 0.3) is 10.0 Å². The maximum absolute atomic E-state index is 12.2. The van der Waals surface area contributed by atoms with Gasteiger partial charge in [-0.3, -0.25) is 14.1 Å². The van der Waals surface area contributed by atoms with E-state index in [1.165, 1.54) is 17.1 Å². The van der Waals surface area contributed by atoms with E-state index in [-0.39, 0.29) is 10.7 Å². The molecule has 3 rings (SSSR count). The molecule has 0 aliphatic carbocycles. The fourth-order valence-corrected chi connectivity index (χ4v) is 3.58. The number of hydrogen-bond donors (Lipinski definition) is 1. The van der Waals surface area contributed by atoms with Crippen LogP contribution in [-0.2, 0) is 23.6 Å². The standard InChI is InChI=1S/C14H13Cl2N5O2S/c1-20-8-10(7-17-20)24(22,23)19-14-5-6-21(18-14)9-11-12(15)3-2-4-13(11)16/h2-8H,9H2,1H3,(H,18,19). The van der Waals surface area contributed by atoms with Crippen molar-refractivity contribution in [3.8, 4) is 0 Å². The van der Waals surface area contributed by atoms with Crippen LogP contribution in [0, 0.1) is 0 Å². The van der Waals surface area contributed by atoms with Gasteiger partial charge in [0.15, 0.2) is 5.82 Å². The third-order valence-corrected chi connectivity index (χ3v) is 5.27. The van der Waals surface area contributed by atoms with Crippen LogP contribution in [0.5, 0.6) is 0 Å². The molecule has 0 aliphatic heterocycles. The third-order valence-electron chi connectivity index (χ3n) is 3.25. The molecule has 0 spiro atoms. The number of benzene rings is 1. The van der Waals surface area contributed by atoms with Crippen molar-refractivity contribution >= 4 is 39.0 Å². The van der Waals surface area contributed by atoms with E-state index < -0.39 is 10.0 Å². The van der Waals surface area contributed by atoms with Crippen LogP contribution in [0.2, 0.25) is 10.0 Å². The molecule has 0 aliphatic rings. The van der Waals surface area contributed by atoms with E-state index in [9.17, 15) is 8.42 Å². The molecule has 7 nitrogen and oxygen atoms in total. The Morgan fingerprint density at radius 2 is 1.92 bits per heavy atom. The predicted molar refractivity (Wildman–Crippen MR) is 91.8 cm³/mol. The van der Waals surface area contributed by atoms with E-state index in [0.29, 0.717) is 22.2 Å². The molecule has 0 atom stereocenters. The molecule has 1 aromatic carbocycles. The molecular weight excluding hydrogens is 373 g/mol. The lowest BCUT2D eigenvalue weighted by atomic mass is 10.2. The van der Waals surface area contributed by atoms with Gasteiger partial charge in [-0.05, 0) is 12.1 Å². The summed E-state index contributed by atoms with van der Waals surface area (Å²) in [6, 6.07) is 6.78. The first-order valence-electron chi connectivity index (χ1n) is 6.83. The second-order valence-corrected chi connectivity index (χ2v) is 7.55. The quantitative estimate of drug-likeness (QED) is 0.731. The minimum absolute atomic E-state index is 0.0636. The summed E-state index contributed by atoms with van der Waals surface area (Å²) in [7, 11) is -2.09. The van der Waals surface area contributed by atoms with Crippen LogP contribution in [0.4, 0.5) is 5.82 Å². The van der Waals surface area contributed by atoms with E-state index in [2.05, 4.69) is 14.9 Å². The highest BCUT2D eigenvalue weighted by molar-refractivity contribution is 7.92. The molecule has 0 saturated carbocycles. The van der Waals surface area contributed by atoms with Gasteiger partial charge in [0.2, 0.25) is 0 Å². The third kappa shape index (κ3) is 3.55. The first-order chi connectivity index (χ1) is 11.3. The fraction of sp³-hybridized carbons (Fsp3) is 0.143. The van der Waals surface area contributed by atoms with Crippen molar-refractivity contribution in [1.29, 1.82) is 0 Å². The van der Waals surface area contributed by atoms with Gasteiger partial charge in [0, 0.05) is 41.1 Å². The Bertz CT molecular complexity index is 960. The number of halogens is 2. The first kappa shape index (κ1) is 16.8. The van der Waals surface area contributed by atoms with Crippen LogP contribution in [0.15, 0.2) is 47.8 Å². The van der Waals surface area contributed by atoms with Crippen molar-refractivity contribution in [1.82, 2.24) is 19.6 Å². The number of anilines is 1. The number of sulfonamides is 1. The Kier molecular flexibility index (Phi) is 4.53. The zero-order valence-corrected chi connectivity index (χ0v) is 14.8. The first-order valence-corrected chi connectivity index (χ1v) is 9.07. The summed E-state index contributed by atoms with van der Waals surface area (Å²) >= 11 is 12.3. The summed E-state index contributed by atoms with van der Waals surface area (Å²) < 4.78 is 29.8. The minimum atomic E-state index is -3.73. The van der Waals surface area contributed by atoms with E-state index in [1.807, 2.05) is 0 Å². The number of rotatable bonds is 5. The minimum Gasteiger partial charge on any atom is -0.274 e. The van der Waals surface area contributed by atoms with Gasteiger partial charge in [-0.1, -0.05) is 29.3 Å². The molecule has 10 heteroatoms. The lowest BCUT2D eigenvalue weighted by Crippen LogP contribution is -2.13. The van der Waals surface area contributed by atoms with Crippen molar-refractivity contribution in [2.45, 2.75) is 11.4 Å². The van der Waals surface area contributed by atoms with Gasteiger partial charge in [-0.2, -0.15) is 10.2 Å². The average molecular weight is 386 g/mol. The topological polar surface area (TPSA) is 81.8 Å². The SMILES string of the molecule is Cn1cc(S(=O)(=O)Nc2ccn(Cc3c(Cl)cccc3Cl)n2)cn1. The van der Waals surface area contributed by atoms with Gasteiger partial charge in [-0.25, -0.2) is 8.42 Å². The molecular formula is C14H13Cl2N5O2S. The van der Waals surface area contributed by atoms with Crippen LogP contribution in [-0.4, -0.2) is 28.0 Å². The van der Waals surface area contributed by atoms with E-state index in [1.54, 1.807) is 42.2 Å². The molecule has 2 heterocycles. The molecule has 24 heavy (non-hydrogen) atoms. The molecule has 126 valence electrons. The second kappa shape index (κ2) is 6.46. The van der Waals surface area contributed by atoms with Gasteiger partial charge in [0.05, 0.1) is 12.7 Å². The largest absolute Gasteiger partial charge is 0.274 e. The highest BCUT2D eigenvalue weighted by Gasteiger charge is 2.17. The number of aromatic nitrogens is 4. The summed E-state index contributed by atoms with van der Waals surface area (Å²) in [4.78, 5) is 0.0636. The number of aryl methyl sites for hydroxylation is 1. The maximum Gasteiger partial charge on any atom is 0.266 e. The Morgan fingerprint density at radius 1 is 1.21 bits per heavy atom. The zero-order valence-electron chi connectivity index (χ0n) is 12.5. The maximum atomic E-state index is 12.2. The molecule has 0 saturated heterocycles. The van der Waals surface area contributed by atoms with E-state index >= 15 is 0 Å². The van der Waals surface area contributed by atoms with Crippen LogP contribution in [0.25, 0.3) is 0 Å². The Balaban J connectivity index is 1.79. The molecule has 3 aromatic rings. The lowest BCUT2D eigenvalue weighted by molar-refractivity contribution is 0.600. The molecule has 2 aromatic heterocycles. The van der Waals surface area contributed by atoms with Crippen LogP contribution < -0.4 is 4.72 Å². The van der Waals surface area contributed by atoms with Crippen LogP contribution in [0.3, 0.4) is 0 Å². The van der Waals surface area contributed by atoms with E-state index in [0.717, 1.165) is 0 Å². The Hall–Kier alpha value is -2.03. The zero-order chi connectivity index (χ0) is 17.3. The van der Waals surface area contributed by atoms with Gasteiger partial charge >= 0.3 is 0 Å². The van der Waals surface area contributed by atoms with Crippen molar-refractivity contribution in [2.24, 2.45) is 7.05 Å². The normalized spacial score (nSPS) is 11.6. The molecule has 1 N–H and O–H groups in total. The summed E-state index contributed by atoms with van der Waals surface area (Å²) in [5, 5.41) is 9.08. The number of nitrogens with zero attached hydrogens (tertiary/aromatic N) is 4. The smallest absolute Gasteiger partial charge is 0.266 e. The van der Waals surface area contributed by atoms with Crippen molar-refractivity contribution < 1.29 is 8.42 Å². The fourth-order valence-electron chi connectivity index (χ4n) is 2.08. The second-order valence-electron chi connectivity index (χ2n) is 5.05. The molecule has 0 amide bonds. The van der Waals surface area contributed by atoms with Crippen molar-refractivity contribution in [3.63, 3.8) is 0 Å². The monoisotopic (exact) mass is 385 g/mol. The molecule has 0 radical (unpaired) electrons. The van der Waals surface area contributed by atoms with Crippen molar-refractivity contribution in [2.75, 3.05) is 4.72 Å². The van der Waals surface area contributed by atoms with Gasteiger partial charge < -0.3 is 0 Å². The summed E-state index contributed by atoms with van der Waals surface area (Å²) in [6.45, 7) is 0.327. The lowest BCUT2D eigenvalue weighted by Gasteiger charge is -2.07. The van der Waals surface area contributed by atoms with Gasteiger partial charge in [0.1, 0.15) is 4.90 Å². The molecule has 0 bridgehead atoms. The number of hydrogen-bond acceptors (Lipinski definition) is 4. The van der Waals surface area contributed by atoms with Crippen LogP contribution in [0.1, 0.15) is 5.56 Å². The predicted octanol–water partition coefficient (Wildman–Crippen LogP) is 2.77. The van der Waals surface area contributed by atoms with Gasteiger partial charge in [-0.15, -0.1) is 0 Å². The number of nitrogens with one attached hydrogen (secondary N) is 1. The Morgan fingerprint density at radius 3 is 2.54 bits per heavy atom. The summed E-state index contributed by atoms with van der Waals surface area (Å²) in [5.74, 6) is 0.196. The van der Waals surface area contributed by atoms with E-state index in [4.69, 9.17) is 23.2 Å². The van der Waals surface area contributed by atoms with Crippen molar-refractivity contribution in [3.05, 3.63) is 58.5 Å². The van der Waals surface area contributed by atoms with Crippen LogP contribution >= 0.6 is 23.2 Å². The molecule has 0 unspecified atom stereocenters. The highest BCUT2D eigenvalue weighted by atomic mass is 35.5. The summed E-state index contributed by atoms with van der Waals surface area (Å²) in [6.07, 6.45) is 4.31. The average Bonchev–Trinajstić information content (AvgIpc) is 3.12. The summed E-state index contributed by atoms with van der Waals surface area (Å²) in [5.41, 5.74) is 0.714.